The zero-order chi connectivity index (χ0) is 16.3. The number of hydrogen-bond acceptors (Lipinski definition) is 2. The Labute approximate surface area is 138 Å². The largest absolute Gasteiger partial charge is 0.485 e. The number of hydrogen-bond donors (Lipinski definition) is 0. The van der Waals surface area contributed by atoms with Crippen molar-refractivity contribution in [1.82, 2.24) is 9.38 Å². The average Bonchev–Trinajstić information content (AvgIpc) is 2.95. The van der Waals surface area contributed by atoms with E-state index in [0.29, 0.717) is 6.61 Å². The molecule has 0 bridgehead atoms. The molecule has 0 unspecified atom stereocenters. The molecule has 0 atom stereocenters. The van der Waals surface area contributed by atoms with Crippen LogP contribution in [-0.2, 0) is 6.61 Å². The number of rotatable bonds is 3. The van der Waals surface area contributed by atoms with E-state index in [0.717, 1.165) is 22.7 Å². The van der Waals surface area contributed by atoms with Gasteiger partial charge in [-0.1, -0.05) is 55.9 Å². The maximum atomic E-state index is 5.94. The molecule has 116 valence electrons. The first-order valence-electron chi connectivity index (χ1n) is 7.69. The van der Waals surface area contributed by atoms with E-state index in [4.69, 9.17) is 4.74 Å². The lowest BCUT2D eigenvalue weighted by atomic mass is 10.2. The monoisotopic (exact) mass is 320 g/mol. The molecule has 23 heavy (non-hydrogen) atoms. The van der Waals surface area contributed by atoms with Crippen molar-refractivity contribution in [3.63, 3.8) is 0 Å². The van der Waals surface area contributed by atoms with Crippen LogP contribution in [0.3, 0.4) is 0 Å². The van der Waals surface area contributed by atoms with Gasteiger partial charge in [0.15, 0.2) is 11.4 Å². The Kier molecular flexibility index (Phi) is 4.22. The van der Waals surface area contributed by atoms with Gasteiger partial charge in [-0.05, 0) is 17.7 Å². The number of fused-ring (bicyclic) bond motifs is 1. The van der Waals surface area contributed by atoms with E-state index in [2.05, 4.69) is 48.2 Å². The van der Waals surface area contributed by atoms with Gasteiger partial charge in [0.05, 0.1) is 6.20 Å². The summed E-state index contributed by atoms with van der Waals surface area (Å²) in [5.41, 5.74) is 6.24. The smallest absolute Gasteiger partial charge is 0.180 e. The summed E-state index contributed by atoms with van der Waals surface area (Å²) >= 11 is 0. The van der Waals surface area contributed by atoms with Crippen molar-refractivity contribution < 1.29 is 4.74 Å². The van der Waals surface area contributed by atoms with Gasteiger partial charge in [-0.2, -0.15) is 0 Å². The molecule has 3 aromatic rings. The molecular formula is C19H20N2OSi. The molecule has 0 saturated heterocycles. The summed E-state index contributed by atoms with van der Waals surface area (Å²) in [5.74, 6) is 4.04. The first kappa shape index (κ1) is 15.4. The molecule has 1 aromatic carbocycles. The van der Waals surface area contributed by atoms with Gasteiger partial charge >= 0.3 is 0 Å². The minimum atomic E-state index is -1.41. The predicted molar refractivity (Wildman–Crippen MR) is 96.2 cm³/mol. The molecule has 0 amide bonds. The topological polar surface area (TPSA) is 26.5 Å². The summed E-state index contributed by atoms with van der Waals surface area (Å²) in [6.07, 6.45) is 3.80. The zero-order valence-corrected chi connectivity index (χ0v) is 14.7. The van der Waals surface area contributed by atoms with Crippen LogP contribution < -0.4 is 4.74 Å². The second-order valence-corrected chi connectivity index (χ2v) is 11.2. The fourth-order valence-corrected chi connectivity index (χ4v) is 2.68. The van der Waals surface area contributed by atoms with Gasteiger partial charge in [0.25, 0.3) is 0 Å². The van der Waals surface area contributed by atoms with Crippen LogP contribution in [0.15, 0.2) is 54.9 Å². The lowest BCUT2D eigenvalue weighted by Crippen LogP contribution is -2.16. The third-order valence-corrected chi connectivity index (χ3v) is 4.18. The molecule has 0 fully saturated rings. The van der Waals surface area contributed by atoms with Crippen molar-refractivity contribution in [3.8, 4) is 17.2 Å². The van der Waals surface area contributed by atoms with E-state index in [-0.39, 0.29) is 0 Å². The van der Waals surface area contributed by atoms with E-state index in [1.807, 2.05) is 47.1 Å². The molecule has 0 saturated carbocycles. The van der Waals surface area contributed by atoms with Crippen molar-refractivity contribution in [2.75, 3.05) is 0 Å². The van der Waals surface area contributed by atoms with Gasteiger partial charge in [-0.25, -0.2) is 4.98 Å². The Morgan fingerprint density at radius 1 is 1.09 bits per heavy atom. The van der Waals surface area contributed by atoms with Crippen LogP contribution in [0.25, 0.3) is 5.65 Å². The summed E-state index contributed by atoms with van der Waals surface area (Å²) in [5, 5.41) is 0. The molecule has 3 rings (SSSR count). The number of aromatic nitrogens is 2. The highest BCUT2D eigenvalue weighted by Crippen LogP contribution is 2.20. The van der Waals surface area contributed by atoms with E-state index in [1.165, 1.54) is 0 Å². The van der Waals surface area contributed by atoms with Crippen LogP contribution in [-0.4, -0.2) is 17.5 Å². The van der Waals surface area contributed by atoms with Crippen LogP contribution >= 0.6 is 0 Å². The Morgan fingerprint density at radius 3 is 2.61 bits per heavy atom. The Bertz CT molecular complexity index is 867. The van der Waals surface area contributed by atoms with E-state index in [9.17, 15) is 0 Å². The van der Waals surface area contributed by atoms with Crippen molar-refractivity contribution in [2.24, 2.45) is 0 Å². The van der Waals surface area contributed by atoms with Crippen LogP contribution in [0.5, 0.6) is 5.75 Å². The Morgan fingerprint density at radius 2 is 1.87 bits per heavy atom. The Balaban J connectivity index is 1.88. The quantitative estimate of drug-likeness (QED) is 0.535. The van der Waals surface area contributed by atoms with Crippen LogP contribution in [0, 0.1) is 11.5 Å². The van der Waals surface area contributed by atoms with E-state index < -0.39 is 8.07 Å². The molecule has 2 aromatic heterocycles. The fraction of sp³-hybridized carbons (Fsp3) is 0.211. The van der Waals surface area contributed by atoms with Crippen molar-refractivity contribution in [3.05, 3.63) is 66.1 Å². The molecule has 0 aliphatic rings. The summed E-state index contributed by atoms with van der Waals surface area (Å²) in [4.78, 5) is 4.48. The van der Waals surface area contributed by atoms with Gasteiger partial charge in [-0.3, -0.25) is 4.40 Å². The van der Waals surface area contributed by atoms with E-state index >= 15 is 0 Å². The van der Waals surface area contributed by atoms with Gasteiger partial charge < -0.3 is 4.74 Å². The third kappa shape index (κ3) is 3.82. The molecule has 0 aliphatic heterocycles. The summed E-state index contributed by atoms with van der Waals surface area (Å²) in [7, 11) is -1.41. The van der Waals surface area contributed by atoms with Crippen molar-refractivity contribution in [1.29, 1.82) is 0 Å². The van der Waals surface area contributed by atoms with E-state index in [1.54, 1.807) is 0 Å². The molecule has 0 N–H and O–H groups in total. The standard InChI is InChI=1S/C19H20N2OSi/c1-23(2,3)13-11-17-14-20-19-18(10-7-12-21(17)19)22-15-16-8-5-4-6-9-16/h4-10,12,14H,15H2,1-3H3. The lowest BCUT2D eigenvalue weighted by Gasteiger charge is -2.07. The molecule has 0 spiro atoms. The highest BCUT2D eigenvalue weighted by Gasteiger charge is 2.10. The number of benzene rings is 1. The summed E-state index contributed by atoms with van der Waals surface area (Å²) in [6.45, 7) is 7.23. The van der Waals surface area contributed by atoms with Gasteiger partial charge in [-0.15, -0.1) is 5.54 Å². The van der Waals surface area contributed by atoms with Crippen LogP contribution in [0.1, 0.15) is 11.3 Å². The van der Waals surface area contributed by atoms with Gasteiger partial charge in [0.1, 0.15) is 20.4 Å². The molecule has 3 nitrogen and oxygen atoms in total. The van der Waals surface area contributed by atoms with Crippen LogP contribution in [0.2, 0.25) is 19.6 Å². The third-order valence-electron chi connectivity index (χ3n) is 3.30. The first-order valence-corrected chi connectivity index (χ1v) is 11.2. The minimum Gasteiger partial charge on any atom is -0.485 e. The molecule has 0 aliphatic carbocycles. The maximum absolute atomic E-state index is 5.94. The fourth-order valence-electron chi connectivity index (χ4n) is 2.18. The van der Waals surface area contributed by atoms with Crippen molar-refractivity contribution >= 4 is 13.7 Å². The second kappa shape index (κ2) is 6.31. The number of imidazole rings is 1. The molecular weight excluding hydrogens is 300 g/mol. The van der Waals surface area contributed by atoms with Gasteiger partial charge in [0, 0.05) is 6.20 Å². The number of nitrogens with zero attached hydrogens (tertiary/aromatic N) is 2. The highest BCUT2D eigenvalue weighted by molar-refractivity contribution is 6.83. The minimum absolute atomic E-state index is 0.531. The molecule has 0 radical (unpaired) electrons. The lowest BCUT2D eigenvalue weighted by molar-refractivity contribution is 0.308. The predicted octanol–water partition coefficient (Wildman–Crippen LogP) is 4.14. The molecule has 4 heteroatoms. The maximum Gasteiger partial charge on any atom is 0.180 e. The molecule has 2 heterocycles. The average molecular weight is 320 g/mol. The normalized spacial score (nSPS) is 11.1. The second-order valence-electron chi connectivity index (χ2n) is 6.48. The summed E-state index contributed by atoms with van der Waals surface area (Å²) in [6, 6.07) is 14.0. The van der Waals surface area contributed by atoms with Gasteiger partial charge in [0.2, 0.25) is 0 Å². The van der Waals surface area contributed by atoms with Crippen molar-refractivity contribution in [2.45, 2.75) is 26.2 Å². The SMILES string of the molecule is C[Si](C)(C)C#Cc1cnc2c(OCc3ccccc3)cccn12. The zero-order valence-electron chi connectivity index (χ0n) is 13.7. The number of ether oxygens (including phenoxy) is 1. The first-order chi connectivity index (χ1) is 11.0. The summed E-state index contributed by atoms with van der Waals surface area (Å²) < 4.78 is 7.93. The highest BCUT2D eigenvalue weighted by atomic mass is 28.3. The van der Waals surface area contributed by atoms with Crippen LogP contribution in [0.4, 0.5) is 0 Å². The number of pyridine rings is 1. The Hall–Kier alpha value is -2.51.